The van der Waals surface area contributed by atoms with Crippen LogP contribution in [0.2, 0.25) is 0 Å². The van der Waals surface area contributed by atoms with Gasteiger partial charge < -0.3 is 14.8 Å². The zero-order valence-electron chi connectivity index (χ0n) is 10.1. The van der Waals surface area contributed by atoms with Crippen LogP contribution in [0.1, 0.15) is 11.1 Å². The van der Waals surface area contributed by atoms with Gasteiger partial charge in [0.15, 0.2) is 0 Å². The van der Waals surface area contributed by atoms with E-state index in [9.17, 15) is 0 Å². The first kappa shape index (κ1) is 12.6. The van der Waals surface area contributed by atoms with Crippen molar-refractivity contribution in [3.8, 4) is 5.75 Å². The van der Waals surface area contributed by atoms with Crippen LogP contribution in [0.3, 0.4) is 0 Å². The highest BCUT2D eigenvalue weighted by Gasteiger charge is 2.12. The number of rotatable bonds is 4. The number of aryl methyl sites for hydroxylation is 1. The molecule has 4 nitrogen and oxygen atoms in total. The van der Waals surface area contributed by atoms with Crippen LogP contribution in [0.25, 0.3) is 0 Å². The average Bonchev–Trinajstić information content (AvgIpc) is 2.38. The molecule has 0 bridgehead atoms. The Labute approximate surface area is 106 Å². The summed E-state index contributed by atoms with van der Waals surface area (Å²) < 4.78 is 5.67. The van der Waals surface area contributed by atoms with Crippen molar-refractivity contribution in [2.45, 2.75) is 13.5 Å². The molecular formula is C13H14BNO3. The standard InChI is InChI=1S/C13H14BNO3/c1-10-8-12(14(16)17)2-3-13(10)18-9-11-4-6-15-7-5-11/h2-8,16-17H,9H2,1H3. The van der Waals surface area contributed by atoms with Crippen LogP contribution in [0.4, 0.5) is 0 Å². The summed E-state index contributed by atoms with van der Waals surface area (Å²) >= 11 is 0. The Kier molecular flexibility index (Phi) is 3.97. The zero-order chi connectivity index (χ0) is 13.0. The first-order valence-corrected chi connectivity index (χ1v) is 5.65. The summed E-state index contributed by atoms with van der Waals surface area (Å²) in [4.78, 5) is 3.94. The average molecular weight is 243 g/mol. The van der Waals surface area contributed by atoms with Gasteiger partial charge in [-0.2, -0.15) is 0 Å². The molecule has 0 fully saturated rings. The van der Waals surface area contributed by atoms with Crippen LogP contribution < -0.4 is 10.2 Å². The van der Waals surface area contributed by atoms with Gasteiger partial charge in [-0.25, -0.2) is 0 Å². The van der Waals surface area contributed by atoms with E-state index >= 15 is 0 Å². The lowest BCUT2D eigenvalue weighted by Crippen LogP contribution is -2.29. The van der Waals surface area contributed by atoms with E-state index in [2.05, 4.69) is 4.98 Å². The minimum Gasteiger partial charge on any atom is -0.489 e. The van der Waals surface area contributed by atoms with E-state index in [0.717, 1.165) is 16.9 Å². The number of hydrogen-bond acceptors (Lipinski definition) is 4. The molecule has 92 valence electrons. The molecule has 1 heterocycles. The van der Waals surface area contributed by atoms with Crippen LogP contribution in [0.5, 0.6) is 5.75 Å². The van der Waals surface area contributed by atoms with E-state index in [1.165, 1.54) is 0 Å². The summed E-state index contributed by atoms with van der Waals surface area (Å²) in [6, 6.07) is 8.86. The van der Waals surface area contributed by atoms with E-state index < -0.39 is 7.12 Å². The highest BCUT2D eigenvalue weighted by molar-refractivity contribution is 6.58. The maximum Gasteiger partial charge on any atom is 0.488 e. The molecule has 0 atom stereocenters. The second-order valence-electron chi connectivity index (χ2n) is 4.04. The maximum absolute atomic E-state index is 9.05. The Balaban J connectivity index is 2.06. The van der Waals surface area contributed by atoms with Gasteiger partial charge in [-0.1, -0.05) is 12.1 Å². The Bertz CT molecular complexity index is 517. The van der Waals surface area contributed by atoms with Gasteiger partial charge in [0.2, 0.25) is 0 Å². The number of ether oxygens (including phenoxy) is 1. The fraction of sp³-hybridized carbons (Fsp3) is 0.154. The third kappa shape index (κ3) is 3.09. The van der Waals surface area contributed by atoms with Crippen molar-refractivity contribution in [1.29, 1.82) is 0 Å². The van der Waals surface area contributed by atoms with Crippen LogP contribution >= 0.6 is 0 Å². The number of nitrogens with zero attached hydrogens (tertiary/aromatic N) is 1. The molecular weight excluding hydrogens is 229 g/mol. The number of hydrogen-bond donors (Lipinski definition) is 2. The fourth-order valence-corrected chi connectivity index (χ4v) is 1.64. The van der Waals surface area contributed by atoms with Gasteiger partial charge in [-0.15, -0.1) is 0 Å². The van der Waals surface area contributed by atoms with Crippen molar-refractivity contribution >= 4 is 12.6 Å². The molecule has 0 radical (unpaired) electrons. The van der Waals surface area contributed by atoms with Gasteiger partial charge in [0.25, 0.3) is 0 Å². The highest BCUT2D eigenvalue weighted by atomic mass is 16.5. The number of benzene rings is 1. The first-order valence-electron chi connectivity index (χ1n) is 5.65. The van der Waals surface area contributed by atoms with Crippen LogP contribution in [0, 0.1) is 6.92 Å². The van der Waals surface area contributed by atoms with Crippen molar-refractivity contribution in [1.82, 2.24) is 4.98 Å². The van der Waals surface area contributed by atoms with Gasteiger partial charge in [0.05, 0.1) is 0 Å². The van der Waals surface area contributed by atoms with E-state index in [1.54, 1.807) is 30.6 Å². The highest BCUT2D eigenvalue weighted by Crippen LogP contribution is 2.17. The zero-order valence-corrected chi connectivity index (χ0v) is 10.1. The molecule has 0 aliphatic rings. The molecule has 5 heteroatoms. The van der Waals surface area contributed by atoms with E-state index in [4.69, 9.17) is 14.8 Å². The van der Waals surface area contributed by atoms with Crippen LogP contribution in [-0.2, 0) is 6.61 Å². The summed E-state index contributed by atoms with van der Waals surface area (Å²) in [7, 11) is -1.45. The normalized spacial score (nSPS) is 10.2. The summed E-state index contributed by atoms with van der Waals surface area (Å²) in [5.41, 5.74) is 2.37. The van der Waals surface area contributed by atoms with Crippen molar-refractivity contribution in [3.05, 3.63) is 53.9 Å². The Morgan fingerprint density at radius 2 is 1.89 bits per heavy atom. The molecule has 18 heavy (non-hydrogen) atoms. The van der Waals surface area contributed by atoms with E-state index in [0.29, 0.717) is 12.1 Å². The predicted molar refractivity (Wildman–Crippen MR) is 69.6 cm³/mol. The summed E-state index contributed by atoms with van der Waals surface area (Å²) in [5, 5.41) is 18.1. The monoisotopic (exact) mass is 243 g/mol. The molecule has 0 amide bonds. The molecule has 0 saturated heterocycles. The smallest absolute Gasteiger partial charge is 0.488 e. The molecule has 0 aliphatic carbocycles. The van der Waals surface area contributed by atoms with Gasteiger partial charge in [-0.05, 0) is 41.7 Å². The minimum atomic E-state index is -1.45. The molecule has 0 aliphatic heterocycles. The Hall–Kier alpha value is -1.85. The quantitative estimate of drug-likeness (QED) is 0.774. The van der Waals surface area contributed by atoms with Crippen molar-refractivity contribution in [2.24, 2.45) is 0 Å². The lowest BCUT2D eigenvalue weighted by atomic mass is 9.79. The topological polar surface area (TPSA) is 62.6 Å². The second kappa shape index (κ2) is 5.66. The van der Waals surface area contributed by atoms with Gasteiger partial charge in [0, 0.05) is 12.4 Å². The summed E-state index contributed by atoms with van der Waals surface area (Å²) in [6.45, 7) is 2.33. The lowest BCUT2D eigenvalue weighted by Gasteiger charge is -2.10. The van der Waals surface area contributed by atoms with E-state index in [-0.39, 0.29) is 0 Å². The molecule has 1 aromatic heterocycles. The van der Waals surface area contributed by atoms with Gasteiger partial charge in [0.1, 0.15) is 12.4 Å². The molecule has 0 saturated carbocycles. The first-order chi connectivity index (χ1) is 8.66. The SMILES string of the molecule is Cc1cc(B(O)O)ccc1OCc1ccncc1. The molecule has 0 spiro atoms. The van der Waals surface area contributed by atoms with Gasteiger partial charge >= 0.3 is 7.12 Å². The van der Waals surface area contributed by atoms with Crippen molar-refractivity contribution in [2.75, 3.05) is 0 Å². The molecule has 2 rings (SSSR count). The molecule has 0 unspecified atom stereocenters. The van der Waals surface area contributed by atoms with Crippen LogP contribution in [0.15, 0.2) is 42.7 Å². The molecule has 2 N–H and O–H groups in total. The fourth-order valence-electron chi connectivity index (χ4n) is 1.64. The number of aromatic nitrogens is 1. The van der Waals surface area contributed by atoms with Gasteiger partial charge in [-0.3, -0.25) is 4.98 Å². The number of pyridine rings is 1. The predicted octanol–water partition coefficient (Wildman–Crippen LogP) is 0.649. The molecule has 2 aromatic rings. The van der Waals surface area contributed by atoms with Crippen LogP contribution in [-0.4, -0.2) is 22.2 Å². The summed E-state index contributed by atoms with van der Waals surface area (Å²) in [5.74, 6) is 0.733. The lowest BCUT2D eigenvalue weighted by molar-refractivity contribution is 0.304. The Morgan fingerprint density at radius 3 is 2.50 bits per heavy atom. The summed E-state index contributed by atoms with van der Waals surface area (Å²) in [6.07, 6.45) is 3.44. The van der Waals surface area contributed by atoms with E-state index in [1.807, 2.05) is 19.1 Å². The second-order valence-corrected chi connectivity index (χ2v) is 4.04. The van der Waals surface area contributed by atoms with Crippen molar-refractivity contribution in [3.63, 3.8) is 0 Å². The maximum atomic E-state index is 9.05. The molecule has 1 aromatic carbocycles. The third-order valence-electron chi connectivity index (χ3n) is 2.64. The minimum absolute atomic E-state index is 0.462. The Morgan fingerprint density at radius 1 is 1.17 bits per heavy atom. The third-order valence-corrected chi connectivity index (χ3v) is 2.64. The largest absolute Gasteiger partial charge is 0.489 e. The van der Waals surface area contributed by atoms with Crippen molar-refractivity contribution < 1.29 is 14.8 Å².